The Labute approximate surface area is 101 Å². The summed E-state index contributed by atoms with van der Waals surface area (Å²) in [7, 11) is 0. The molecule has 1 heterocycles. The summed E-state index contributed by atoms with van der Waals surface area (Å²) >= 11 is 5.56. The monoisotopic (exact) mass is 257 g/mol. The molecule has 8 heteroatoms. The van der Waals surface area contributed by atoms with Gasteiger partial charge in [-0.05, 0) is 0 Å². The third-order valence-corrected chi connectivity index (χ3v) is 1.65. The molecule has 0 saturated heterocycles. The van der Waals surface area contributed by atoms with Crippen LogP contribution in [0.3, 0.4) is 0 Å². The number of rotatable bonds is 4. The van der Waals surface area contributed by atoms with Gasteiger partial charge in [-0.15, -0.1) is 0 Å². The van der Waals surface area contributed by atoms with E-state index in [-0.39, 0.29) is 23.4 Å². The maximum atomic E-state index is 11.1. The van der Waals surface area contributed by atoms with E-state index in [2.05, 4.69) is 26.6 Å². The second kappa shape index (κ2) is 5.80. The van der Waals surface area contributed by atoms with Gasteiger partial charge in [-0.2, -0.15) is 0 Å². The predicted octanol–water partition coefficient (Wildman–Crippen LogP) is 1.56. The quantitative estimate of drug-likeness (QED) is 0.627. The number of carboxylic acids is 1. The molecule has 2 N–H and O–H groups in total. The Morgan fingerprint density at radius 3 is 2.88 bits per heavy atom. The molecule has 0 bridgehead atoms. The van der Waals surface area contributed by atoms with Crippen molar-refractivity contribution < 1.29 is 19.4 Å². The van der Waals surface area contributed by atoms with Crippen molar-refractivity contribution in [2.45, 2.75) is 0 Å². The van der Waals surface area contributed by atoms with Crippen molar-refractivity contribution in [3.05, 3.63) is 29.6 Å². The highest BCUT2D eigenvalue weighted by Crippen LogP contribution is 2.10. The fourth-order valence-electron chi connectivity index (χ4n) is 0.845. The Bertz CT molecular complexity index is 464. The highest BCUT2D eigenvalue weighted by molar-refractivity contribution is 6.29. The maximum absolute atomic E-state index is 11.1. The molecule has 1 aromatic heterocycles. The molecule has 0 saturated carbocycles. The number of anilines is 1. The summed E-state index contributed by atoms with van der Waals surface area (Å²) in [5.41, 5.74) is -0.330. The highest BCUT2D eigenvalue weighted by Gasteiger charge is 2.11. The van der Waals surface area contributed by atoms with Gasteiger partial charge in [0.05, 0.1) is 0 Å². The number of halogens is 1. The van der Waals surface area contributed by atoms with Gasteiger partial charge < -0.3 is 9.84 Å². The van der Waals surface area contributed by atoms with Crippen molar-refractivity contribution in [2.24, 2.45) is 0 Å². The number of carbonyl (C=O) groups excluding carboxylic acids is 1. The van der Waals surface area contributed by atoms with Gasteiger partial charge in [0, 0.05) is 6.07 Å². The highest BCUT2D eigenvalue weighted by atomic mass is 35.5. The average molecular weight is 258 g/mol. The zero-order chi connectivity index (χ0) is 12.8. The number of aromatic carboxylic acids is 1. The standard InChI is InChI=1S/C9H8ClN3O4/c1-2-3-17-9(16)13-8-11-5(7(14)15)4-6(10)12-8/h2,4H,1,3H2,(H,14,15)(H,11,12,13,16). The number of nitrogens with one attached hydrogen (secondary N) is 1. The van der Waals surface area contributed by atoms with Crippen LogP contribution in [0.1, 0.15) is 10.5 Å². The minimum absolute atomic E-state index is 0.0121. The summed E-state index contributed by atoms with van der Waals surface area (Å²) in [6.07, 6.45) is 0.546. The Morgan fingerprint density at radius 2 is 2.29 bits per heavy atom. The molecule has 0 aliphatic carbocycles. The lowest BCUT2D eigenvalue weighted by molar-refractivity contribution is 0.0690. The molecule has 0 aliphatic heterocycles. The number of carbonyl (C=O) groups is 2. The van der Waals surface area contributed by atoms with Crippen LogP contribution in [0.4, 0.5) is 10.7 Å². The van der Waals surface area contributed by atoms with Crippen LogP contribution >= 0.6 is 11.6 Å². The summed E-state index contributed by atoms with van der Waals surface area (Å²) in [5, 5.41) is 10.7. The smallest absolute Gasteiger partial charge is 0.414 e. The van der Waals surface area contributed by atoms with Crippen LogP contribution in [0.25, 0.3) is 0 Å². The van der Waals surface area contributed by atoms with E-state index in [1.54, 1.807) is 0 Å². The molecular weight excluding hydrogens is 250 g/mol. The lowest BCUT2D eigenvalue weighted by Crippen LogP contribution is -2.17. The Kier molecular flexibility index (Phi) is 4.41. The molecule has 7 nitrogen and oxygen atoms in total. The minimum Gasteiger partial charge on any atom is -0.477 e. The van der Waals surface area contributed by atoms with Gasteiger partial charge in [0.1, 0.15) is 11.8 Å². The molecule has 17 heavy (non-hydrogen) atoms. The Hall–Kier alpha value is -2.15. The van der Waals surface area contributed by atoms with Crippen LogP contribution in [-0.2, 0) is 4.74 Å². The number of ether oxygens (including phenoxy) is 1. The molecule has 0 unspecified atom stereocenters. The molecule has 0 aromatic carbocycles. The van der Waals surface area contributed by atoms with Crippen LogP contribution in [0.5, 0.6) is 0 Å². The summed E-state index contributed by atoms with van der Waals surface area (Å²) in [6.45, 7) is 3.37. The largest absolute Gasteiger partial charge is 0.477 e. The van der Waals surface area contributed by atoms with Crippen molar-refractivity contribution >= 4 is 29.6 Å². The molecule has 1 aromatic rings. The molecule has 0 atom stereocenters. The summed E-state index contributed by atoms with van der Waals surface area (Å²) in [6, 6.07) is 1.06. The van der Waals surface area contributed by atoms with Crippen molar-refractivity contribution in [3.8, 4) is 0 Å². The number of carboxylic acid groups (broad SMARTS) is 1. The van der Waals surface area contributed by atoms with Gasteiger partial charge in [-0.1, -0.05) is 24.3 Å². The first-order chi connectivity index (χ1) is 8.02. The van der Waals surface area contributed by atoms with Crippen molar-refractivity contribution in [1.29, 1.82) is 0 Å². The van der Waals surface area contributed by atoms with Gasteiger partial charge in [0.2, 0.25) is 5.95 Å². The predicted molar refractivity (Wildman–Crippen MR) is 59.2 cm³/mol. The third kappa shape index (κ3) is 4.07. The summed E-state index contributed by atoms with van der Waals surface area (Å²) in [5.74, 6) is -1.53. The number of hydrogen-bond donors (Lipinski definition) is 2. The molecule has 0 spiro atoms. The van der Waals surface area contributed by atoms with Gasteiger partial charge in [0.15, 0.2) is 5.69 Å². The van der Waals surface area contributed by atoms with E-state index in [1.165, 1.54) is 6.08 Å². The number of hydrogen-bond acceptors (Lipinski definition) is 5. The van der Waals surface area contributed by atoms with E-state index in [0.717, 1.165) is 6.07 Å². The van der Waals surface area contributed by atoms with Gasteiger partial charge in [-0.25, -0.2) is 19.6 Å². The molecular formula is C9H8ClN3O4. The molecule has 0 radical (unpaired) electrons. The fraction of sp³-hybridized carbons (Fsp3) is 0.111. The average Bonchev–Trinajstić information content (AvgIpc) is 2.25. The first kappa shape index (κ1) is 12.9. The second-order valence-electron chi connectivity index (χ2n) is 2.72. The lowest BCUT2D eigenvalue weighted by atomic mass is 10.4. The first-order valence-electron chi connectivity index (χ1n) is 4.35. The zero-order valence-electron chi connectivity index (χ0n) is 8.51. The number of aromatic nitrogens is 2. The lowest BCUT2D eigenvalue weighted by Gasteiger charge is -2.04. The Balaban J connectivity index is 2.80. The van der Waals surface area contributed by atoms with Gasteiger partial charge >= 0.3 is 12.1 Å². The summed E-state index contributed by atoms with van der Waals surface area (Å²) in [4.78, 5) is 28.9. The maximum Gasteiger partial charge on any atom is 0.414 e. The molecule has 0 aliphatic rings. The zero-order valence-corrected chi connectivity index (χ0v) is 9.27. The van der Waals surface area contributed by atoms with Crippen LogP contribution in [0, 0.1) is 0 Å². The van der Waals surface area contributed by atoms with Crippen molar-refractivity contribution in [2.75, 3.05) is 11.9 Å². The normalized spacial score (nSPS) is 9.47. The summed E-state index contributed by atoms with van der Waals surface area (Å²) < 4.78 is 4.60. The molecule has 1 rings (SSSR count). The van der Waals surface area contributed by atoms with E-state index in [0.29, 0.717) is 0 Å². The third-order valence-electron chi connectivity index (χ3n) is 1.46. The van der Waals surface area contributed by atoms with Gasteiger partial charge in [0.25, 0.3) is 0 Å². The van der Waals surface area contributed by atoms with E-state index >= 15 is 0 Å². The van der Waals surface area contributed by atoms with Crippen LogP contribution < -0.4 is 5.32 Å². The minimum atomic E-state index is -1.28. The van der Waals surface area contributed by atoms with E-state index in [4.69, 9.17) is 16.7 Å². The van der Waals surface area contributed by atoms with E-state index in [1.807, 2.05) is 0 Å². The second-order valence-corrected chi connectivity index (χ2v) is 3.10. The SMILES string of the molecule is C=CCOC(=O)Nc1nc(Cl)cc(C(=O)O)n1. The number of amides is 1. The van der Waals surface area contributed by atoms with Crippen LogP contribution in [-0.4, -0.2) is 33.7 Å². The van der Waals surface area contributed by atoms with Gasteiger partial charge in [-0.3, -0.25) is 5.32 Å². The molecule has 1 amide bonds. The first-order valence-corrected chi connectivity index (χ1v) is 4.73. The van der Waals surface area contributed by atoms with Crippen molar-refractivity contribution in [1.82, 2.24) is 9.97 Å². The van der Waals surface area contributed by atoms with Crippen LogP contribution in [0.15, 0.2) is 18.7 Å². The molecule has 0 fully saturated rings. The van der Waals surface area contributed by atoms with Crippen molar-refractivity contribution in [3.63, 3.8) is 0 Å². The fourth-order valence-corrected chi connectivity index (χ4v) is 1.03. The number of nitrogens with zero attached hydrogens (tertiary/aromatic N) is 2. The topological polar surface area (TPSA) is 101 Å². The van der Waals surface area contributed by atoms with Crippen LogP contribution in [0.2, 0.25) is 5.15 Å². The molecule has 90 valence electrons. The van der Waals surface area contributed by atoms with E-state index in [9.17, 15) is 9.59 Å². The van der Waals surface area contributed by atoms with E-state index < -0.39 is 12.1 Å². The Morgan fingerprint density at radius 1 is 1.59 bits per heavy atom.